The Hall–Kier alpha value is -4.06. The van der Waals surface area contributed by atoms with Crippen molar-refractivity contribution in [3.63, 3.8) is 0 Å². The number of amides is 1. The van der Waals surface area contributed by atoms with Gasteiger partial charge in [0.05, 0.1) is 16.5 Å². The van der Waals surface area contributed by atoms with Crippen molar-refractivity contribution in [3.8, 4) is 0 Å². The first-order valence-electron chi connectivity index (χ1n) is 11.6. The SMILES string of the molecule is Cc1ccc(CSc2nnc(N3C(=O)C(=O)/C(=C(\O)c4ccc(Cl)cc4)C3c3ccc([N+](=O)[O-])cc3)s2)cc1. The molecule has 1 unspecified atom stereocenters. The number of aliphatic hydroxyl groups is 1. The molecule has 9 nitrogen and oxygen atoms in total. The van der Waals surface area contributed by atoms with Gasteiger partial charge in [0, 0.05) is 28.5 Å². The number of benzene rings is 3. The number of aromatic nitrogens is 2. The Morgan fingerprint density at radius 2 is 1.72 bits per heavy atom. The smallest absolute Gasteiger partial charge is 0.301 e. The second-order valence-corrected chi connectivity index (χ2v) is 11.3. The van der Waals surface area contributed by atoms with E-state index in [1.165, 1.54) is 53.1 Å². The van der Waals surface area contributed by atoms with Crippen molar-refractivity contribution >= 4 is 63.0 Å². The van der Waals surface area contributed by atoms with Crippen molar-refractivity contribution in [1.82, 2.24) is 10.2 Å². The van der Waals surface area contributed by atoms with Crippen molar-refractivity contribution in [1.29, 1.82) is 0 Å². The molecule has 196 valence electrons. The lowest BCUT2D eigenvalue weighted by molar-refractivity contribution is -0.384. The van der Waals surface area contributed by atoms with Gasteiger partial charge >= 0.3 is 5.91 Å². The highest BCUT2D eigenvalue weighted by molar-refractivity contribution is 8.00. The van der Waals surface area contributed by atoms with Crippen LogP contribution in [0.1, 0.15) is 28.3 Å². The highest BCUT2D eigenvalue weighted by atomic mass is 35.5. The number of rotatable bonds is 7. The molecule has 0 spiro atoms. The molecule has 0 aliphatic carbocycles. The summed E-state index contributed by atoms with van der Waals surface area (Å²) in [5, 5.41) is 31.3. The summed E-state index contributed by atoms with van der Waals surface area (Å²) in [6.07, 6.45) is 0. The largest absolute Gasteiger partial charge is 0.507 e. The molecule has 1 aliphatic heterocycles. The molecule has 1 amide bonds. The molecule has 0 saturated carbocycles. The molecular weight excluding hydrogens is 560 g/mol. The van der Waals surface area contributed by atoms with E-state index in [0.29, 0.717) is 20.7 Å². The number of non-ortho nitro benzene ring substituents is 1. The van der Waals surface area contributed by atoms with Gasteiger partial charge in [-0.2, -0.15) is 0 Å². The molecule has 1 saturated heterocycles. The van der Waals surface area contributed by atoms with Gasteiger partial charge in [-0.3, -0.25) is 24.6 Å². The van der Waals surface area contributed by atoms with Gasteiger partial charge < -0.3 is 5.11 Å². The lowest BCUT2D eigenvalue weighted by atomic mass is 9.95. The molecule has 1 aromatic heterocycles. The Balaban J connectivity index is 1.54. The van der Waals surface area contributed by atoms with E-state index in [2.05, 4.69) is 10.2 Å². The van der Waals surface area contributed by atoms with Crippen LogP contribution >= 0.6 is 34.7 Å². The molecule has 12 heteroatoms. The van der Waals surface area contributed by atoms with Crippen LogP contribution < -0.4 is 4.90 Å². The van der Waals surface area contributed by atoms with Crippen LogP contribution in [0.15, 0.2) is 82.7 Å². The summed E-state index contributed by atoms with van der Waals surface area (Å²) in [4.78, 5) is 38.4. The fourth-order valence-corrected chi connectivity index (χ4v) is 6.02. The summed E-state index contributed by atoms with van der Waals surface area (Å²) in [6, 6.07) is 18.6. The number of hydrogen-bond donors (Lipinski definition) is 1. The van der Waals surface area contributed by atoms with E-state index in [1.807, 2.05) is 31.2 Å². The third-order valence-corrected chi connectivity index (χ3v) is 8.45. The summed E-state index contributed by atoms with van der Waals surface area (Å²) in [5.74, 6) is -1.56. The zero-order valence-corrected chi connectivity index (χ0v) is 22.7. The fourth-order valence-electron chi connectivity index (χ4n) is 4.07. The number of thioether (sulfide) groups is 1. The first-order valence-corrected chi connectivity index (χ1v) is 13.7. The van der Waals surface area contributed by atoms with Crippen molar-refractivity contribution in [2.45, 2.75) is 23.1 Å². The lowest BCUT2D eigenvalue weighted by Crippen LogP contribution is -2.29. The Kier molecular flexibility index (Phi) is 7.47. The molecule has 3 aromatic carbocycles. The maximum absolute atomic E-state index is 13.3. The first-order chi connectivity index (χ1) is 18.7. The maximum Gasteiger partial charge on any atom is 0.301 e. The predicted molar refractivity (Wildman–Crippen MR) is 150 cm³/mol. The van der Waals surface area contributed by atoms with Gasteiger partial charge in [0.15, 0.2) is 4.34 Å². The van der Waals surface area contributed by atoms with E-state index >= 15 is 0 Å². The van der Waals surface area contributed by atoms with E-state index in [1.54, 1.807) is 12.1 Å². The minimum Gasteiger partial charge on any atom is -0.507 e. The van der Waals surface area contributed by atoms with Crippen LogP contribution in [0.4, 0.5) is 10.8 Å². The molecule has 1 fully saturated rings. The summed E-state index contributed by atoms with van der Waals surface area (Å²) in [5.41, 5.74) is 2.61. The highest BCUT2D eigenvalue weighted by Gasteiger charge is 2.48. The summed E-state index contributed by atoms with van der Waals surface area (Å²) in [6.45, 7) is 2.01. The number of aliphatic hydroxyl groups excluding tert-OH is 1. The monoisotopic (exact) mass is 578 g/mol. The van der Waals surface area contributed by atoms with Crippen molar-refractivity contribution in [3.05, 3.63) is 116 Å². The van der Waals surface area contributed by atoms with Crippen LogP contribution in [0.25, 0.3) is 5.76 Å². The second kappa shape index (κ2) is 11.0. The highest BCUT2D eigenvalue weighted by Crippen LogP contribution is 2.44. The molecule has 39 heavy (non-hydrogen) atoms. The number of carbonyl (C=O) groups is 2. The number of hydrogen-bond acceptors (Lipinski definition) is 9. The van der Waals surface area contributed by atoms with Crippen molar-refractivity contribution < 1.29 is 19.6 Å². The Bertz CT molecular complexity index is 1600. The average molecular weight is 579 g/mol. The van der Waals surface area contributed by atoms with Crippen molar-refractivity contribution in [2.24, 2.45) is 0 Å². The van der Waals surface area contributed by atoms with Gasteiger partial charge in [0.25, 0.3) is 11.5 Å². The van der Waals surface area contributed by atoms with Crippen molar-refractivity contribution in [2.75, 3.05) is 4.90 Å². The molecule has 4 aromatic rings. The quantitative estimate of drug-likeness (QED) is 0.0513. The minimum atomic E-state index is -1.08. The zero-order valence-electron chi connectivity index (χ0n) is 20.3. The van der Waals surface area contributed by atoms with Gasteiger partial charge in [0.2, 0.25) is 5.13 Å². The van der Waals surface area contributed by atoms with Gasteiger partial charge in [-0.05, 0) is 54.4 Å². The van der Waals surface area contributed by atoms with Crippen LogP contribution in [-0.2, 0) is 15.3 Å². The summed E-state index contributed by atoms with van der Waals surface area (Å²) >= 11 is 8.55. The Morgan fingerprint density at radius 1 is 1.05 bits per heavy atom. The minimum absolute atomic E-state index is 0.154. The number of Topliss-reactive ketones (excluding diaryl/α,β-unsaturated/α-hetero) is 1. The van der Waals surface area contributed by atoms with Crippen LogP contribution in [0.2, 0.25) is 5.02 Å². The molecular formula is C27H19ClN4O5S2. The van der Waals surface area contributed by atoms with Crippen LogP contribution in [0.3, 0.4) is 0 Å². The molecule has 2 heterocycles. The van der Waals surface area contributed by atoms with Crippen LogP contribution in [0, 0.1) is 17.0 Å². The number of nitro benzene ring substituents is 1. The molecule has 0 bridgehead atoms. The first kappa shape index (κ1) is 26.5. The lowest BCUT2D eigenvalue weighted by Gasteiger charge is -2.22. The number of anilines is 1. The van der Waals surface area contributed by atoms with Gasteiger partial charge in [0.1, 0.15) is 5.76 Å². The standard InChI is InChI=1S/C27H19ClN4O5S2/c1-15-2-4-16(5-3-15)14-38-27-30-29-26(39-27)31-22(17-8-12-20(13-9-17)32(36)37)21(24(34)25(31)35)23(33)18-6-10-19(28)11-7-18/h2-13,22,33H,14H2,1H3/b23-21-. The zero-order chi connectivity index (χ0) is 27.7. The summed E-state index contributed by atoms with van der Waals surface area (Å²) in [7, 11) is 0. The number of ketones is 1. The van der Waals surface area contributed by atoms with E-state index in [-0.39, 0.29) is 22.0 Å². The van der Waals surface area contributed by atoms with Crippen LogP contribution in [-0.4, -0.2) is 31.9 Å². The molecule has 1 N–H and O–H groups in total. The topological polar surface area (TPSA) is 127 Å². The molecule has 0 radical (unpaired) electrons. The second-order valence-electron chi connectivity index (χ2n) is 8.65. The van der Waals surface area contributed by atoms with E-state index in [0.717, 1.165) is 22.5 Å². The van der Waals surface area contributed by atoms with Gasteiger partial charge in [-0.15, -0.1) is 10.2 Å². The van der Waals surface area contributed by atoms with Crippen LogP contribution in [0.5, 0.6) is 0 Å². The predicted octanol–water partition coefficient (Wildman–Crippen LogP) is 6.33. The molecule has 1 atom stereocenters. The Labute approximate surface area is 235 Å². The molecule has 1 aliphatic rings. The number of aryl methyl sites for hydroxylation is 1. The number of nitro groups is 1. The Morgan fingerprint density at radius 3 is 2.36 bits per heavy atom. The number of nitrogens with zero attached hydrogens (tertiary/aromatic N) is 4. The van der Waals surface area contributed by atoms with E-state index in [9.17, 15) is 24.8 Å². The van der Waals surface area contributed by atoms with Gasteiger partial charge in [-0.25, -0.2) is 0 Å². The van der Waals surface area contributed by atoms with Gasteiger partial charge in [-0.1, -0.05) is 64.5 Å². The average Bonchev–Trinajstić information content (AvgIpc) is 3.50. The maximum atomic E-state index is 13.3. The molecule has 5 rings (SSSR count). The fraction of sp³-hybridized carbons (Fsp3) is 0.111. The van der Waals surface area contributed by atoms with E-state index < -0.39 is 28.4 Å². The summed E-state index contributed by atoms with van der Waals surface area (Å²) < 4.78 is 0.590. The normalized spacial score (nSPS) is 16.6. The third kappa shape index (κ3) is 5.42. The number of halogens is 1. The number of carbonyl (C=O) groups excluding carboxylic acids is 2. The third-order valence-electron chi connectivity index (χ3n) is 6.07. The van der Waals surface area contributed by atoms with E-state index in [4.69, 9.17) is 11.6 Å².